The fourth-order valence-corrected chi connectivity index (χ4v) is 0.649. The first-order valence-electron chi connectivity index (χ1n) is 2.94. The van der Waals surface area contributed by atoms with E-state index in [0.717, 1.165) is 0 Å². The second-order valence-electron chi connectivity index (χ2n) is 1.81. The van der Waals surface area contributed by atoms with Crippen molar-refractivity contribution in [1.82, 2.24) is 4.98 Å². The van der Waals surface area contributed by atoms with E-state index in [4.69, 9.17) is 5.11 Å². The van der Waals surface area contributed by atoms with Crippen molar-refractivity contribution < 1.29 is 5.11 Å². The van der Waals surface area contributed by atoms with E-state index in [-0.39, 0.29) is 5.75 Å². The van der Waals surface area contributed by atoms with Gasteiger partial charge >= 0.3 is 0 Å². The summed E-state index contributed by atoms with van der Waals surface area (Å²) in [7, 11) is 0. The lowest BCUT2D eigenvalue weighted by Gasteiger charge is -1.96. The molecule has 0 amide bonds. The fourth-order valence-electron chi connectivity index (χ4n) is 0.649. The van der Waals surface area contributed by atoms with Crippen LogP contribution in [0.15, 0.2) is 31.0 Å². The van der Waals surface area contributed by atoms with Crippen LogP contribution in [0.25, 0.3) is 0 Å². The molecule has 10 heavy (non-hydrogen) atoms. The Morgan fingerprint density at radius 1 is 1.60 bits per heavy atom. The quantitative estimate of drug-likeness (QED) is 0.665. The first kappa shape index (κ1) is 6.81. The average molecular weight is 134 g/mol. The maximum Gasteiger partial charge on any atom is 0.137 e. The Hall–Kier alpha value is -1.31. The van der Waals surface area contributed by atoms with Gasteiger partial charge in [0.1, 0.15) is 5.75 Å². The Balaban J connectivity index is 2.91. The number of hydrogen-bond acceptors (Lipinski definition) is 2. The van der Waals surface area contributed by atoms with Crippen LogP contribution in [0.4, 0.5) is 0 Å². The van der Waals surface area contributed by atoms with Crippen LogP contribution in [0, 0.1) is 6.42 Å². The molecule has 1 radical (unpaired) electrons. The van der Waals surface area contributed by atoms with Crippen molar-refractivity contribution in [1.29, 1.82) is 0 Å². The molecule has 0 saturated carbocycles. The van der Waals surface area contributed by atoms with Gasteiger partial charge < -0.3 is 5.11 Å². The summed E-state index contributed by atoms with van der Waals surface area (Å²) in [5, 5.41) is 9.10. The lowest BCUT2D eigenvalue weighted by molar-refractivity contribution is 0.469. The third kappa shape index (κ3) is 1.35. The predicted octanol–water partition coefficient (Wildman–Crippen LogP) is 1.53. The number of allylic oxidation sites excluding steroid dienone is 1. The van der Waals surface area contributed by atoms with Gasteiger partial charge in [-0.1, -0.05) is 6.08 Å². The van der Waals surface area contributed by atoms with E-state index in [2.05, 4.69) is 11.6 Å². The van der Waals surface area contributed by atoms with Gasteiger partial charge in [-0.25, -0.2) is 0 Å². The van der Waals surface area contributed by atoms with Crippen molar-refractivity contribution in [3.63, 3.8) is 0 Å². The molecule has 0 saturated heterocycles. The van der Waals surface area contributed by atoms with Gasteiger partial charge in [-0.15, -0.1) is 6.58 Å². The van der Waals surface area contributed by atoms with Crippen molar-refractivity contribution in [3.05, 3.63) is 43.1 Å². The molecule has 51 valence electrons. The first-order chi connectivity index (χ1) is 4.84. The number of aromatic hydroxyl groups is 1. The van der Waals surface area contributed by atoms with Crippen LogP contribution >= 0.6 is 0 Å². The smallest absolute Gasteiger partial charge is 0.137 e. The second-order valence-corrected chi connectivity index (χ2v) is 1.81. The Kier molecular flexibility index (Phi) is 2.05. The predicted molar refractivity (Wildman–Crippen MR) is 39.5 cm³/mol. The molecule has 0 atom stereocenters. The maximum absolute atomic E-state index is 9.10. The van der Waals surface area contributed by atoms with E-state index < -0.39 is 0 Å². The standard InChI is InChI=1S/C8H8NO/c1-2-4-7-8(10)5-3-6-9-7/h2-6,10H,1H2. The largest absolute Gasteiger partial charge is 0.506 e. The van der Waals surface area contributed by atoms with Gasteiger partial charge in [0.2, 0.25) is 0 Å². The highest BCUT2D eigenvalue weighted by Crippen LogP contribution is 2.13. The molecule has 0 fully saturated rings. The molecular weight excluding hydrogens is 126 g/mol. The average Bonchev–Trinajstić information content (AvgIpc) is 1.94. The minimum absolute atomic E-state index is 0.183. The van der Waals surface area contributed by atoms with Gasteiger partial charge in [0.15, 0.2) is 0 Å². The van der Waals surface area contributed by atoms with Crippen molar-refractivity contribution in [2.75, 3.05) is 0 Å². The first-order valence-corrected chi connectivity index (χ1v) is 2.94. The summed E-state index contributed by atoms with van der Waals surface area (Å²) in [6.07, 6.45) is 4.85. The molecule has 1 aromatic rings. The van der Waals surface area contributed by atoms with Gasteiger partial charge in [-0.05, 0) is 12.1 Å². The van der Waals surface area contributed by atoms with E-state index in [9.17, 15) is 0 Å². The second kappa shape index (κ2) is 3.01. The molecule has 0 unspecified atom stereocenters. The van der Waals surface area contributed by atoms with Gasteiger partial charge in [0, 0.05) is 12.6 Å². The van der Waals surface area contributed by atoms with Crippen molar-refractivity contribution in [2.24, 2.45) is 0 Å². The molecule has 1 heterocycles. The Bertz CT molecular complexity index is 232. The Morgan fingerprint density at radius 2 is 2.40 bits per heavy atom. The number of nitrogens with zero attached hydrogens (tertiary/aromatic N) is 1. The molecular formula is C8H8NO. The molecule has 0 aliphatic rings. The molecule has 0 bridgehead atoms. The summed E-state index contributed by atoms with van der Waals surface area (Å²) in [4.78, 5) is 3.89. The third-order valence-corrected chi connectivity index (χ3v) is 1.09. The van der Waals surface area contributed by atoms with E-state index in [0.29, 0.717) is 5.69 Å². The van der Waals surface area contributed by atoms with Gasteiger partial charge in [0.05, 0.1) is 5.69 Å². The van der Waals surface area contributed by atoms with Crippen LogP contribution in [0.5, 0.6) is 5.75 Å². The minimum Gasteiger partial charge on any atom is -0.506 e. The zero-order valence-corrected chi connectivity index (χ0v) is 5.49. The van der Waals surface area contributed by atoms with Crippen molar-refractivity contribution >= 4 is 0 Å². The van der Waals surface area contributed by atoms with E-state index in [1.54, 1.807) is 30.8 Å². The summed E-state index contributed by atoms with van der Waals surface area (Å²) >= 11 is 0. The summed E-state index contributed by atoms with van der Waals surface area (Å²) in [6, 6.07) is 3.26. The maximum atomic E-state index is 9.10. The van der Waals surface area contributed by atoms with Crippen LogP contribution in [0.2, 0.25) is 0 Å². The van der Waals surface area contributed by atoms with E-state index in [1.807, 2.05) is 0 Å². The normalized spacial score (nSPS) is 9.20. The molecule has 0 aliphatic carbocycles. The van der Waals surface area contributed by atoms with Crippen LogP contribution < -0.4 is 0 Å². The zero-order valence-electron chi connectivity index (χ0n) is 5.49. The van der Waals surface area contributed by atoms with Crippen LogP contribution in [0.1, 0.15) is 5.69 Å². The highest BCUT2D eigenvalue weighted by atomic mass is 16.3. The fraction of sp³-hybridized carbons (Fsp3) is 0. The molecule has 2 heteroatoms. The highest BCUT2D eigenvalue weighted by molar-refractivity contribution is 5.33. The van der Waals surface area contributed by atoms with Crippen molar-refractivity contribution in [3.8, 4) is 5.75 Å². The number of hydrogen-bond donors (Lipinski definition) is 1. The minimum atomic E-state index is 0.183. The van der Waals surface area contributed by atoms with E-state index in [1.165, 1.54) is 0 Å². The number of aromatic nitrogens is 1. The number of rotatable bonds is 2. The zero-order chi connectivity index (χ0) is 7.40. The molecule has 0 aliphatic heterocycles. The molecule has 2 nitrogen and oxygen atoms in total. The van der Waals surface area contributed by atoms with Gasteiger partial charge in [-0.3, -0.25) is 4.98 Å². The third-order valence-electron chi connectivity index (χ3n) is 1.09. The van der Waals surface area contributed by atoms with Gasteiger partial charge in [-0.2, -0.15) is 0 Å². The summed E-state index contributed by atoms with van der Waals surface area (Å²) in [5.41, 5.74) is 0.553. The molecule has 0 aromatic carbocycles. The van der Waals surface area contributed by atoms with Crippen LogP contribution in [-0.2, 0) is 0 Å². The van der Waals surface area contributed by atoms with Gasteiger partial charge in [0.25, 0.3) is 0 Å². The lowest BCUT2D eigenvalue weighted by atomic mass is 10.2. The summed E-state index contributed by atoms with van der Waals surface area (Å²) < 4.78 is 0. The Morgan fingerprint density at radius 3 is 3.00 bits per heavy atom. The van der Waals surface area contributed by atoms with Crippen LogP contribution in [0.3, 0.4) is 0 Å². The molecule has 1 aromatic heterocycles. The topological polar surface area (TPSA) is 33.1 Å². The van der Waals surface area contributed by atoms with Crippen LogP contribution in [-0.4, -0.2) is 10.1 Å². The summed E-state index contributed by atoms with van der Waals surface area (Å²) in [6.45, 7) is 3.49. The lowest BCUT2D eigenvalue weighted by Crippen LogP contribution is -1.83. The van der Waals surface area contributed by atoms with Crippen molar-refractivity contribution in [2.45, 2.75) is 0 Å². The highest BCUT2D eigenvalue weighted by Gasteiger charge is 1.96. The molecule has 0 spiro atoms. The molecule has 1 N–H and O–H groups in total. The number of pyridine rings is 1. The summed E-state index contributed by atoms with van der Waals surface area (Å²) in [5.74, 6) is 0.183. The SMILES string of the molecule is C=C[CH]c1ncccc1O. The monoisotopic (exact) mass is 134 g/mol. The van der Waals surface area contributed by atoms with E-state index >= 15 is 0 Å². The molecule has 1 rings (SSSR count). The Labute approximate surface area is 59.9 Å².